The Hall–Kier alpha value is -0.910. The molecule has 0 bridgehead atoms. The van der Waals surface area contributed by atoms with Crippen molar-refractivity contribution in [2.24, 2.45) is 0 Å². The zero-order chi connectivity index (χ0) is 12.1. The van der Waals surface area contributed by atoms with Crippen LogP contribution in [0.2, 0.25) is 10.0 Å². The van der Waals surface area contributed by atoms with Crippen molar-refractivity contribution in [1.82, 2.24) is 10.0 Å². The van der Waals surface area contributed by atoms with Gasteiger partial charge in [0.2, 0.25) is 5.91 Å². The fourth-order valence-corrected chi connectivity index (χ4v) is 2.07. The molecule has 4 nitrogen and oxygen atoms in total. The van der Waals surface area contributed by atoms with E-state index in [9.17, 15) is 9.59 Å². The first-order chi connectivity index (χ1) is 7.50. The van der Waals surface area contributed by atoms with Crippen LogP contribution in [-0.2, 0) is 4.79 Å². The van der Waals surface area contributed by atoms with Crippen LogP contribution in [0, 0.1) is 0 Å². The molecule has 0 aliphatic heterocycles. The van der Waals surface area contributed by atoms with Gasteiger partial charge >= 0.3 is 6.03 Å². The van der Waals surface area contributed by atoms with E-state index in [1.54, 1.807) is 18.2 Å². The van der Waals surface area contributed by atoms with Crippen molar-refractivity contribution < 1.29 is 9.59 Å². The van der Waals surface area contributed by atoms with Gasteiger partial charge in [0.1, 0.15) is 0 Å². The van der Waals surface area contributed by atoms with Crippen LogP contribution in [-0.4, -0.2) is 11.9 Å². The second-order valence-electron chi connectivity index (χ2n) is 2.77. The smallest absolute Gasteiger partial charge is 0.278 e. The van der Waals surface area contributed by atoms with Crippen molar-refractivity contribution in [2.75, 3.05) is 0 Å². The van der Waals surface area contributed by atoms with Crippen LogP contribution in [0.15, 0.2) is 23.1 Å². The Morgan fingerprint density at radius 3 is 2.31 bits per heavy atom. The molecule has 0 spiro atoms. The number of hydrogen-bond acceptors (Lipinski definition) is 3. The molecule has 0 fully saturated rings. The second kappa shape index (κ2) is 5.98. The number of urea groups is 1. The lowest BCUT2D eigenvalue weighted by Gasteiger charge is -2.07. The van der Waals surface area contributed by atoms with Crippen LogP contribution in [0.3, 0.4) is 0 Å². The molecule has 1 rings (SSSR count). The van der Waals surface area contributed by atoms with Gasteiger partial charge in [-0.1, -0.05) is 29.3 Å². The normalized spacial score (nSPS) is 9.69. The summed E-state index contributed by atoms with van der Waals surface area (Å²) in [5, 5.41) is 2.92. The maximum atomic E-state index is 11.1. The molecule has 0 saturated carbocycles. The third-order valence-corrected chi connectivity index (χ3v) is 3.24. The summed E-state index contributed by atoms with van der Waals surface area (Å²) in [5.74, 6) is -0.441. The van der Waals surface area contributed by atoms with Crippen molar-refractivity contribution in [2.45, 2.75) is 11.8 Å². The summed E-state index contributed by atoms with van der Waals surface area (Å²) >= 11 is 12.7. The lowest BCUT2D eigenvalue weighted by Crippen LogP contribution is -2.34. The van der Waals surface area contributed by atoms with E-state index < -0.39 is 11.9 Å². The average molecular weight is 279 g/mol. The van der Waals surface area contributed by atoms with E-state index in [0.29, 0.717) is 14.9 Å². The number of imide groups is 1. The van der Waals surface area contributed by atoms with Crippen molar-refractivity contribution in [3.05, 3.63) is 28.2 Å². The summed E-state index contributed by atoms with van der Waals surface area (Å²) in [6.07, 6.45) is 0. The third kappa shape index (κ3) is 3.92. The molecule has 0 aliphatic rings. The van der Waals surface area contributed by atoms with E-state index in [1.165, 1.54) is 6.92 Å². The summed E-state index contributed by atoms with van der Waals surface area (Å²) in [4.78, 5) is 22.2. The minimum absolute atomic E-state index is 0.431. The molecule has 2 N–H and O–H groups in total. The third-order valence-electron chi connectivity index (χ3n) is 1.45. The molecule has 16 heavy (non-hydrogen) atoms. The zero-order valence-electron chi connectivity index (χ0n) is 8.21. The lowest BCUT2D eigenvalue weighted by molar-refractivity contribution is -0.117. The van der Waals surface area contributed by atoms with Crippen molar-refractivity contribution >= 4 is 47.1 Å². The molecule has 0 atom stereocenters. The van der Waals surface area contributed by atoms with Gasteiger partial charge in [-0.15, -0.1) is 0 Å². The molecule has 0 radical (unpaired) electrons. The average Bonchev–Trinajstić information content (AvgIpc) is 2.15. The molecular formula is C9H8Cl2N2O2S. The quantitative estimate of drug-likeness (QED) is 0.818. The van der Waals surface area contributed by atoms with Gasteiger partial charge < -0.3 is 0 Å². The van der Waals surface area contributed by atoms with E-state index in [1.807, 2.05) is 0 Å². The first kappa shape index (κ1) is 13.2. The Bertz CT molecular complexity index is 406. The summed E-state index contributed by atoms with van der Waals surface area (Å²) in [7, 11) is 0. The number of benzene rings is 1. The van der Waals surface area contributed by atoms with E-state index in [0.717, 1.165) is 11.9 Å². The maximum Gasteiger partial charge on any atom is 0.331 e. The molecule has 0 saturated heterocycles. The van der Waals surface area contributed by atoms with E-state index >= 15 is 0 Å². The Kier molecular flexibility index (Phi) is 4.92. The Labute approximate surface area is 107 Å². The van der Waals surface area contributed by atoms with Crippen LogP contribution in [0.1, 0.15) is 6.92 Å². The highest BCUT2D eigenvalue weighted by Gasteiger charge is 2.09. The zero-order valence-corrected chi connectivity index (χ0v) is 10.5. The number of carbonyl (C=O) groups excluding carboxylic acids is 2. The monoisotopic (exact) mass is 278 g/mol. The van der Waals surface area contributed by atoms with Crippen molar-refractivity contribution in [3.63, 3.8) is 0 Å². The number of rotatable bonds is 2. The molecule has 7 heteroatoms. The highest BCUT2D eigenvalue weighted by molar-refractivity contribution is 7.98. The maximum absolute atomic E-state index is 11.1. The molecule has 0 heterocycles. The molecule has 3 amide bonds. The fraction of sp³-hybridized carbons (Fsp3) is 0.111. The van der Waals surface area contributed by atoms with Gasteiger partial charge in [0.15, 0.2) is 0 Å². The summed E-state index contributed by atoms with van der Waals surface area (Å²) in [5.41, 5.74) is 0. The van der Waals surface area contributed by atoms with Crippen LogP contribution >= 0.6 is 35.1 Å². The first-order valence-corrected chi connectivity index (χ1v) is 5.76. The minimum atomic E-state index is -0.617. The summed E-state index contributed by atoms with van der Waals surface area (Å²) in [6.45, 7) is 1.24. The standard InChI is InChI=1S/C9H8Cl2N2O2S/c1-5(14)12-9(15)13-16-8-6(10)3-2-4-7(8)11/h2-4H,1H3,(H2,12,13,14,15). The van der Waals surface area contributed by atoms with E-state index in [4.69, 9.17) is 23.2 Å². The predicted molar refractivity (Wildman–Crippen MR) is 64.7 cm³/mol. The molecule has 0 aromatic heterocycles. The van der Waals surface area contributed by atoms with Crippen LogP contribution in [0.4, 0.5) is 4.79 Å². The topological polar surface area (TPSA) is 58.2 Å². The number of amides is 3. The van der Waals surface area contributed by atoms with Crippen LogP contribution in [0.25, 0.3) is 0 Å². The van der Waals surface area contributed by atoms with Gasteiger partial charge in [-0.05, 0) is 24.1 Å². The largest absolute Gasteiger partial charge is 0.331 e. The van der Waals surface area contributed by atoms with Crippen LogP contribution in [0.5, 0.6) is 0 Å². The number of hydrogen-bond donors (Lipinski definition) is 2. The Morgan fingerprint density at radius 1 is 1.25 bits per heavy atom. The number of nitrogens with one attached hydrogen (secondary N) is 2. The number of carbonyl (C=O) groups is 2. The Balaban J connectivity index is 2.61. The van der Waals surface area contributed by atoms with E-state index in [-0.39, 0.29) is 0 Å². The fourth-order valence-electron chi connectivity index (χ4n) is 0.863. The highest BCUT2D eigenvalue weighted by atomic mass is 35.5. The molecule has 0 unspecified atom stereocenters. The first-order valence-electron chi connectivity index (χ1n) is 4.19. The van der Waals surface area contributed by atoms with Crippen molar-refractivity contribution in [1.29, 1.82) is 0 Å². The van der Waals surface area contributed by atoms with E-state index in [2.05, 4.69) is 10.0 Å². The summed E-state index contributed by atoms with van der Waals surface area (Å²) < 4.78 is 2.39. The van der Waals surface area contributed by atoms with Gasteiger partial charge in [0.25, 0.3) is 0 Å². The predicted octanol–water partition coefficient (Wildman–Crippen LogP) is 2.85. The highest BCUT2D eigenvalue weighted by Crippen LogP contribution is 2.31. The number of halogens is 2. The van der Waals surface area contributed by atoms with Gasteiger partial charge in [0.05, 0.1) is 14.9 Å². The minimum Gasteiger partial charge on any atom is -0.278 e. The van der Waals surface area contributed by atoms with Crippen molar-refractivity contribution in [3.8, 4) is 0 Å². The van der Waals surface area contributed by atoms with Gasteiger partial charge in [0, 0.05) is 6.92 Å². The molecule has 1 aromatic carbocycles. The van der Waals surface area contributed by atoms with Crippen LogP contribution < -0.4 is 10.0 Å². The van der Waals surface area contributed by atoms with Gasteiger partial charge in [-0.3, -0.25) is 14.8 Å². The SMILES string of the molecule is CC(=O)NC(=O)NSc1c(Cl)cccc1Cl. The lowest BCUT2D eigenvalue weighted by atomic mass is 10.4. The van der Waals surface area contributed by atoms with Gasteiger partial charge in [-0.25, -0.2) is 4.79 Å². The summed E-state index contributed by atoms with van der Waals surface area (Å²) in [6, 6.07) is 4.39. The molecule has 1 aromatic rings. The molecular weight excluding hydrogens is 271 g/mol. The van der Waals surface area contributed by atoms with Gasteiger partial charge in [-0.2, -0.15) is 0 Å². The molecule has 0 aliphatic carbocycles. The molecule has 86 valence electrons. The second-order valence-corrected chi connectivity index (χ2v) is 4.40. The Morgan fingerprint density at radius 2 is 1.81 bits per heavy atom.